The number of methoxy groups -OCH3 is 1. The Kier molecular flexibility index (Phi) is 16.5. The molecule has 0 bridgehead atoms. The Morgan fingerprint density at radius 2 is 1.15 bits per heavy atom. The Hall–Kier alpha value is -6.52. The molecule has 0 aliphatic heterocycles. The predicted octanol–water partition coefficient (Wildman–Crippen LogP) is 7.21. The molecule has 358 valence electrons. The van der Waals surface area contributed by atoms with Crippen molar-refractivity contribution in [1.29, 1.82) is 10.5 Å². The standard InChI is InChI=1S/C24H26N4O5S.C23H24N4O5S.CH4/c1-15(2)32-22-10-7-16(13-17(22)14-25)24-26-23(27-33-24)20-6-4-5-19-18(20)8-9-21(19)28-34(29,30)12-11-31-3;1-14(2)31-21-9-6-15(12-16(21)13-24)23-25-22(26-32-23)19-5-3-4-18-17(19)7-8-20(18)27-33(29,30)11-10-28;/h4-7,10,13,15,21,28H,8-9,11-12H2,1-3H3;3-6,9,12,14,20,27-28H,7-8,10-11H2,1-2H3;1H4/t21-;20-;/m00./s1. The van der Waals surface area contributed by atoms with E-state index in [1.165, 1.54) is 7.11 Å². The first kappa shape index (κ1) is 50.9. The monoisotopic (exact) mass is 966 g/mol. The minimum absolute atomic E-state index is 0. The molecule has 2 aliphatic rings. The molecule has 3 N–H and O–H groups in total. The first-order chi connectivity index (χ1) is 32.1. The van der Waals surface area contributed by atoms with Gasteiger partial charge in [-0.25, -0.2) is 26.3 Å². The van der Waals surface area contributed by atoms with E-state index in [-0.39, 0.29) is 61.6 Å². The third kappa shape index (κ3) is 11.9. The van der Waals surface area contributed by atoms with E-state index in [1.807, 2.05) is 64.1 Å². The largest absolute Gasteiger partial charge is 0.490 e. The van der Waals surface area contributed by atoms with Crippen LogP contribution in [0.2, 0.25) is 0 Å². The van der Waals surface area contributed by atoms with Crippen LogP contribution in [0.5, 0.6) is 11.5 Å². The molecule has 0 radical (unpaired) electrons. The smallest absolute Gasteiger partial charge is 0.258 e. The average Bonchev–Trinajstić information content (AvgIpc) is 4.14. The lowest BCUT2D eigenvalue weighted by Crippen LogP contribution is -2.31. The molecule has 6 aromatic rings. The Labute approximate surface area is 396 Å². The molecule has 68 heavy (non-hydrogen) atoms. The molecule has 0 fully saturated rings. The van der Waals surface area contributed by atoms with Gasteiger partial charge >= 0.3 is 0 Å². The summed E-state index contributed by atoms with van der Waals surface area (Å²) < 4.78 is 81.5. The number of hydrogen-bond donors (Lipinski definition) is 3. The van der Waals surface area contributed by atoms with Crippen molar-refractivity contribution in [2.75, 3.05) is 31.8 Å². The topological polar surface area (TPSA) is 266 Å². The molecule has 0 unspecified atom stereocenters. The van der Waals surface area contributed by atoms with Crippen molar-refractivity contribution >= 4 is 20.0 Å². The van der Waals surface area contributed by atoms with Crippen molar-refractivity contribution in [2.24, 2.45) is 0 Å². The lowest BCUT2D eigenvalue weighted by Gasteiger charge is -2.14. The summed E-state index contributed by atoms with van der Waals surface area (Å²) in [7, 11) is -5.56. The molecule has 8 rings (SSSR count). The Morgan fingerprint density at radius 3 is 1.54 bits per heavy atom. The maximum Gasteiger partial charge on any atom is 0.258 e. The van der Waals surface area contributed by atoms with Crippen LogP contribution >= 0.6 is 0 Å². The van der Waals surface area contributed by atoms with Crippen LogP contribution in [0, 0.1) is 22.7 Å². The summed E-state index contributed by atoms with van der Waals surface area (Å²) in [6.07, 6.45) is 2.47. The van der Waals surface area contributed by atoms with Crippen LogP contribution in [-0.4, -0.2) is 86.3 Å². The Balaban J connectivity index is 0.000000221. The first-order valence-corrected chi connectivity index (χ1v) is 24.9. The van der Waals surface area contributed by atoms with E-state index in [9.17, 15) is 27.4 Å². The van der Waals surface area contributed by atoms with E-state index in [0.29, 0.717) is 71.1 Å². The van der Waals surface area contributed by atoms with Crippen molar-refractivity contribution in [3.8, 4) is 69.3 Å². The number of ether oxygens (including phenoxy) is 3. The predicted molar refractivity (Wildman–Crippen MR) is 253 cm³/mol. The lowest BCUT2D eigenvalue weighted by molar-refractivity contribution is 0.216. The number of rotatable bonds is 17. The second kappa shape index (κ2) is 22.1. The highest BCUT2D eigenvalue weighted by molar-refractivity contribution is 7.89. The van der Waals surface area contributed by atoms with Crippen molar-refractivity contribution < 1.29 is 45.2 Å². The van der Waals surface area contributed by atoms with Gasteiger partial charge in [0.05, 0.1) is 48.1 Å². The fourth-order valence-electron chi connectivity index (χ4n) is 7.95. The van der Waals surface area contributed by atoms with Gasteiger partial charge in [0.25, 0.3) is 11.8 Å². The summed E-state index contributed by atoms with van der Waals surface area (Å²) in [4.78, 5) is 9.07. The van der Waals surface area contributed by atoms with E-state index < -0.39 is 26.7 Å². The zero-order chi connectivity index (χ0) is 47.9. The van der Waals surface area contributed by atoms with Crippen molar-refractivity contribution in [3.05, 3.63) is 106 Å². The zero-order valence-electron chi connectivity index (χ0n) is 37.5. The normalized spacial score (nSPS) is 15.1. The molecule has 4 aromatic carbocycles. The Bertz CT molecular complexity index is 3050. The molecule has 18 nitrogen and oxygen atoms in total. The van der Waals surface area contributed by atoms with Crippen LogP contribution in [0.15, 0.2) is 81.8 Å². The number of nitrogens with zero attached hydrogens (tertiary/aromatic N) is 6. The fraction of sp³-hybridized carbons (Fsp3) is 0.375. The van der Waals surface area contributed by atoms with E-state index >= 15 is 0 Å². The summed E-state index contributed by atoms with van der Waals surface area (Å²) in [5, 5.41) is 36.2. The van der Waals surface area contributed by atoms with Crippen LogP contribution < -0.4 is 18.9 Å². The highest BCUT2D eigenvalue weighted by Gasteiger charge is 2.31. The highest BCUT2D eigenvalue weighted by Crippen LogP contribution is 2.40. The summed E-state index contributed by atoms with van der Waals surface area (Å²) in [6, 6.07) is 25.1. The second-order valence-electron chi connectivity index (χ2n) is 16.3. The number of fused-ring (bicyclic) bond motifs is 2. The number of hydrogen-bond acceptors (Lipinski definition) is 16. The van der Waals surface area contributed by atoms with E-state index in [0.717, 1.165) is 33.4 Å². The third-order valence-corrected chi connectivity index (χ3v) is 13.6. The summed E-state index contributed by atoms with van der Waals surface area (Å²) in [5.41, 5.74) is 7.26. The number of sulfonamides is 2. The molecule has 0 saturated carbocycles. The SMILES string of the molecule is C.CC(C)Oc1ccc(-c2nc(-c3cccc4c3CC[C@@H]4NS(=O)(=O)CCO)no2)cc1C#N.COCCS(=O)(=O)N[C@H]1CCc2c(-c3noc(-c4ccc(OC(C)C)c(C#N)c4)n3)cccc21. The van der Waals surface area contributed by atoms with Gasteiger partial charge in [-0.3, -0.25) is 0 Å². The molecule has 0 amide bonds. The van der Waals surface area contributed by atoms with Crippen molar-refractivity contribution in [2.45, 2.75) is 85.1 Å². The fourth-order valence-corrected chi connectivity index (χ4v) is 10.2. The third-order valence-electron chi connectivity index (χ3n) is 10.9. The van der Waals surface area contributed by atoms with Crippen LogP contribution in [0.4, 0.5) is 0 Å². The van der Waals surface area contributed by atoms with Gasteiger partial charge in [0, 0.05) is 41.4 Å². The lowest BCUT2D eigenvalue weighted by atomic mass is 10.0. The zero-order valence-corrected chi connectivity index (χ0v) is 39.1. The first-order valence-electron chi connectivity index (χ1n) is 21.6. The van der Waals surface area contributed by atoms with Gasteiger partial charge in [0.15, 0.2) is 0 Å². The number of nitrogens with one attached hydrogen (secondary N) is 2. The Morgan fingerprint density at radius 1 is 0.706 bits per heavy atom. The summed E-state index contributed by atoms with van der Waals surface area (Å²) in [6.45, 7) is 7.27. The molecule has 2 atom stereocenters. The maximum absolute atomic E-state index is 12.3. The second-order valence-corrected chi connectivity index (χ2v) is 20.1. The van der Waals surface area contributed by atoms with Crippen LogP contribution in [-0.2, 0) is 37.6 Å². The number of aliphatic hydroxyl groups is 1. The molecular formula is C48H54N8O10S2. The van der Waals surface area contributed by atoms with E-state index in [4.69, 9.17) is 28.4 Å². The number of benzene rings is 4. The maximum atomic E-state index is 12.3. The molecule has 20 heteroatoms. The van der Waals surface area contributed by atoms with Gasteiger partial charge in [0.2, 0.25) is 31.7 Å². The molecule has 2 heterocycles. The molecular weight excluding hydrogens is 913 g/mol. The van der Waals surface area contributed by atoms with Crippen LogP contribution in [0.1, 0.15) is 93.4 Å². The molecule has 0 spiro atoms. The quantitative estimate of drug-likeness (QED) is 0.0815. The summed E-state index contributed by atoms with van der Waals surface area (Å²) >= 11 is 0. The van der Waals surface area contributed by atoms with E-state index in [2.05, 4.69) is 41.9 Å². The van der Waals surface area contributed by atoms with Gasteiger partial charge in [-0.1, -0.05) is 54.1 Å². The van der Waals surface area contributed by atoms with Crippen molar-refractivity contribution in [1.82, 2.24) is 29.7 Å². The van der Waals surface area contributed by atoms with Gasteiger partial charge in [0.1, 0.15) is 23.6 Å². The van der Waals surface area contributed by atoms with Gasteiger partial charge in [-0.2, -0.15) is 20.5 Å². The molecule has 0 saturated heterocycles. The van der Waals surface area contributed by atoms with Gasteiger partial charge in [-0.15, -0.1) is 0 Å². The summed E-state index contributed by atoms with van der Waals surface area (Å²) in [5.74, 6) is 1.93. The van der Waals surface area contributed by atoms with Crippen LogP contribution in [0.3, 0.4) is 0 Å². The number of aromatic nitrogens is 4. The van der Waals surface area contributed by atoms with Gasteiger partial charge < -0.3 is 28.4 Å². The van der Waals surface area contributed by atoms with Gasteiger partial charge in [-0.05, 0) is 112 Å². The van der Waals surface area contributed by atoms with Crippen molar-refractivity contribution in [3.63, 3.8) is 0 Å². The number of aliphatic hydroxyl groups excluding tert-OH is 1. The average molecular weight is 967 g/mol. The minimum Gasteiger partial charge on any atom is -0.490 e. The van der Waals surface area contributed by atoms with E-state index in [1.54, 1.807) is 36.4 Å². The van der Waals surface area contributed by atoms with Crippen LogP contribution in [0.25, 0.3) is 45.7 Å². The molecule has 2 aliphatic carbocycles. The number of nitriles is 2. The minimum atomic E-state index is -3.57. The molecule has 2 aromatic heterocycles. The highest BCUT2D eigenvalue weighted by atomic mass is 32.2.